The molecule has 1 aromatic rings. The first-order valence-electron chi connectivity index (χ1n) is 15.8. The lowest BCUT2D eigenvalue weighted by molar-refractivity contribution is -0.159. The van der Waals surface area contributed by atoms with Gasteiger partial charge in [-0.15, -0.1) is 0 Å². The van der Waals surface area contributed by atoms with Crippen LogP contribution in [0.1, 0.15) is 130 Å². The summed E-state index contributed by atoms with van der Waals surface area (Å²) in [5.74, 6) is -2.03. The number of hydrogen-bond donors (Lipinski definition) is 2. The number of hydrogen-bond acceptors (Lipinski definition) is 6. The van der Waals surface area contributed by atoms with E-state index in [1.807, 2.05) is 0 Å². The van der Waals surface area contributed by atoms with Gasteiger partial charge in [0, 0.05) is 59.8 Å². The molecule has 4 rings (SSSR count). The van der Waals surface area contributed by atoms with Gasteiger partial charge in [0.2, 0.25) is 0 Å². The van der Waals surface area contributed by atoms with Gasteiger partial charge >= 0.3 is 11.9 Å². The normalized spacial score (nSPS) is 27.3. The standard InChI is InChI=1S/C34H52F2N2O4/c1-31(2)17-24(18-32(3,4)37-31)41-29(39)14-13-26-27(35)15-23(16-28(26)36)21-9-11-22(12-10-21)30(40)42-25-19-33(5,6)38-34(7,8)20-25/h15-16,21-22,24-25,37-38H,9-14,17-20H2,1-8H3. The number of ether oxygens (including phenoxy) is 2. The monoisotopic (exact) mass is 590 g/mol. The summed E-state index contributed by atoms with van der Waals surface area (Å²) in [6, 6.07) is 2.81. The molecule has 0 unspecified atom stereocenters. The molecule has 0 aromatic heterocycles. The fourth-order valence-electron chi connectivity index (χ4n) is 8.12. The van der Waals surface area contributed by atoms with E-state index in [1.54, 1.807) is 0 Å². The molecule has 6 nitrogen and oxygen atoms in total. The third-order valence-electron chi connectivity index (χ3n) is 9.16. The van der Waals surface area contributed by atoms with Gasteiger partial charge in [0.25, 0.3) is 0 Å². The first-order chi connectivity index (χ1) is 19.3. The van der Waals surface area contributed by atoms with Crippen molar-refractivity contribution in [3.63, 3.8) is 0 Å². The highest BCUT2D eigenvalue weighted by atomic mass is 19.1. The maximum atomic E-state index is 15.1. The van der Waals surface area contributed by atoms with Crippen molar-refractivity contribution in [2.75, 3.05) is 0 Å². The lowest BCUT2D eigenvalue weighted by Crippen LogP contribution is -2.59. The molecule has 3 fully saturated rings. The van der Waals surface area contributed by atoms with Crippen LogP contribution >= 0.6 is 0 Å². The van der Waals surface area contributed by atoms with E-state index < -0.39 is 17.6 Å². The van der Waals surface area contributed by atoms with E-state index in [0.717, 1.165) is 12.8 Å². The van der Waals surface area contributed by atoms with Gasteiger partial charge in [-0.3, -0.25) is 9.59 Å². The molecule has 0 amide bonds. The van der Waals surface area contributed by atoms with Crippen LogP contribution < -0.4 is 10.6 Å². The van der Waals surface area contributed by atoms with Crippen LogP contribution in [0.4, 0.5) is 8.78 Å². The summed E-state index contributed by atoms with van der Waals surface area (Å²) in [7, 11) is 0. The second-order valence-corrected chi connectivity index (χ2v) is 15.8. The largest absolute Gasteiger partial charge is 0.462 e. The first kappa shape index (κ1) is 32.8. The Kier molecular flexibility index (Phi) is 9.50. The van der Waals surface area contributed by atoms with Gasteiger partial charge in [0.15, 0.2) is 0 Å². The van der Waals surface area contributed by atoms with Crippen LogP contribution in [0, 0.1) is 17.6 Å². The summed E-state index contributed by atoms with van der Waals surface area (Å²) in [4.78, 5) is 25.6. The van der Waals surface area contributed by atoms with Crippen LogP contribution in [-0.4, -0.2) is 46.3 Å². The Bertz CT molecular complexity index is 1100. The number of piperidine rings is 2. The smallest absolute Gasteiger partial charge is 0.309 e. The number of benzene rings is 1. The minimum atomic E-state index is -0.625. The zero-order chi connectivity index (χ0) is 31.1. The van der Waals surface area contributed by atoms with E-state index in [4.69, 9.17) is 9.47 Å². The molecule has 2 aliphatic heterocycles. The molecule has 0 spiro atoms. The molecule has 8 heteroatoms. The molecule has 1 aliphatic carbocycles. The highest BCUT2D eigenvalue weighted by molar-refractivity contribution is 5.73. The number of nitrogens with one attached hydrogen (secondary N) is 2. The minimum Gasteiger partial charge on any atom is -0.462 e. The lowest BCUT2D eigenvalue weighted by Gasteiger charge is -2.46. The summed E-state index contributed by atoms with van der Waals surface area (Å²) in [6.07, 6.45) is 5.09. The van der Waals surface area contributed by atoms with Crippen molar-refractivity contribution in [1.82, 2.24) is 10.6 Å². The number of carbonyl (C=O) groups excluding carboxylic acids is 2. The lowest BCUT2D eigenvalue weighted by atomic mass is 9.78. The fourth-order valence-corrected chi connectivity index (χ4v) is 8.12. The Balaban J connectivity index is 1.28. The molecule has 3 aliphatic rings. The summed E-state index contributed by atoms with van der Waals surface area (Å²) in [6.45, 7) is 16.8. The van der Waals surface area contributed by atoms with Gasteiger partial charge in [0.1, 0.15) is 23.8 Å². The molecule has 1 saturated carbocycles. The van der Waals surface area contributed by atoms with Crippen molar-refractivity contribution in [2.45, 2.75) is 160 Å². The van der Waals surface area contributed by atoms with Crippen LogP contribution in [0.5, 0.6) is 0 Å². The molecule has 1 aromatic carbocycles. The fraction of sp³-hybridized carbons (Fsp3) is 0.765. The molecule has 0 atom stereocenters. The highest BCUT2D eigenvalue weighted by Crippen LogP contribution is 2.39. The molecular weight excluding hydrogens is 538 g/mol. The molecule has 236 valence electrons. The topological polar surface area (TPSA) is 76.7 Å². The van der Waals surface area contributed by atoms with Gasteiger partial charge in [-0.2, -0.15) is 0 Å². The Morgan fingerprint density at radius 3 is 1.62 bits per heavy atom. The zero-order valence-electron chi connectivity index (χ0n) is 26.9. The summed E-state index contributed by atoms with van der Waals surface area (Å²) in [5, 5.41) is 7.16. The highest BCUT2D eigenvalue weighted by Gasteiger charge is 2.41. The first-order valence-corrected chi connectivity index (χ1v) is 15.8. The van der Waals surface area contributed by atoms with Crippen LogP contribution in [0.15, 0.2) is 12.1 Å². The number of carbonyl (C=O) groups is 2. The predicted octanol–water partition coefficient (Wildman–Crippen LogP) is 6.88. The van der Waals surface area contributed by atoms with Crippen molar-refractivity contribution < 1.29 is 27.8 Å². The Morgan fingerprint density at radius 2 is 1.17 bits per heavy atom. The van der Waals surface area contributed by atoms with Gasteiger partial charge in [0.05, 0.1) is 5.92 Å². The van der Waals surface area contributed by atoms with E-state index in [2.05, 4.69) is 66.0 Å². The third-order valence-corrected chi connectivity index (χ3v) is 9.16. The summed E-state index contributed by atoms with van der Waals surface area (Å²) in [5.41, 5.74) is -0.00144. The van der Waals surface area contributed by atoms with Gasteiger partial charge in [-0.25, -0.2) is 8.78 Å². The SMILES string of the molecule is CC1(C)CC(OC(=O)CCc2c(F)cc(C3CCC(C(=O)OC4CC(C)(C)NC(C)(C)C4)CC3)cc2F)CC(C)(C)N1. The average molecular weight is 591 g/mol. The second-order valence-electron chi connectivity index (χ2n) is 15.8. The van der Waals surface area contributed by atoms with Crippen molar-refractivity contribution in [1.29, 1.82) is 0 Å². The maximum Gasteiger partial charge on any atom is 0.309 e. The van der Waals surface area contributed by atoms with Crippen molar-refractivity contribution in [3.8, 4) is 0 Å². The van der Waals surface area contributed by atoms with Crippen LogP contribution in [0.2, 0.25) is 0 Å². The summed E-state index contributed by atoms with van der Waals surface area (Å²) < 4.78 is 41.9. The molecule has 2 N–H and O–H groups in total. The Morgan fingerprint density at radius 1 is 0.738 bits per heavy atom. The zero-order valence-corrected chi connectivity index (χ0v) is 26.9. The summed E-state index contributed by atoms with van der Waals surface area (Å²) >= 11 is 0. The third kappa shape index (κ3) is 8.75. The van der Waals surface area contributed by atoms with E-state index in [1.165, 1.54) is 12.1 Å². The molecule has 2 saturated heterocycles. The molecule has 0 bridgehead atoms. The Labute approximate surface area is 251 Å². The van der Waals surface area contributed by atoms with E-state index in [-0.39, 0.29) is 70.6 Å². The second kappa shape index (κ2) is 12.1. The molecule has 0 radical (unpaired) electrons. The maximum absolute atomic E-state index is 15.1. The minimum absolute atomic E-state index is 0.0135. The van der Waals surface area contributed by atoms with E-state index in [9.17, 15) is 9.59 Å². The Hall–Kier alpha value is -2.06. The van der Waals surface area contributed by atoms with Gasteiger partial charge in [-0.1, -0.05) is 0 Å². The van der Waals surface area contributed by atoms with Crippen molar-refractivity contribution in [3.05, 3.63) is 34.9 Å². The van der Waals surface area contributed by atoms with E-state index >= 15 is 8.78 Å². The molecule has 2 heterocycles. The van der Waals surface area contributed by atoms with Gasteiger partial charge in [-0.05, 0) is 111 Å². The predicted molar refractivity (Wildman–Crippen MR) is 160 cm³/mol. The quantitative estimate of drug-likeness (QED) is 0.338. The average Bonchev–Trinajstić information content (AvgIpc) is 2.79. The van der Waals surface area contributed by atoms with Crippen molar-refractivity contribution in [2.24, 2.45) is 5.92 Å². The molecular formula is C34H52F2N2O4. The number of esters is 2. The van der Waals surface area contributed by atoms with Crippen LogP contribution in [0.25, 0.3) is 0 Å². The molecule has 42 heavy (non-hydrogen) atoms. The van der Waals surface area contributed by atoms with Crippen LogP contribution in [0.3, 0.4) is 0 Å². The van der Waals surface area contributed by atoms with Gasteiger partial charge < -0.3 is 20.1 Å². The van der Waals surface area contributed by atoms with Crippen LogP contribution in [-0.2, 0) is 25.5 Å². The number of halogens is 2. The number of rotatable bonds is 7. The van der Waals surface area contributed by atoms with E-state index in [0.29, 0.717) is 44.1 Å². The van der Waals surface area contributed by atoms with Crippen molar-refractivity contribution >= 4 is 11.9 Å².